The maximum atomic E-state index is 12.3. The van der Waals surface area contributed by atoms with Crippen LogP contribution in [-0.4, -0.2) is 43.0 Å². The number of nitrogens with one attached hydrogen (secondary N) is 4. The van der Waals surface area contributed by atoms with Crippen LogP contribution in [0.25, 0.3) is 10.9 Å². The fourth-order valence-electron chi connectivity index (χ4n) is 3.03. The molecular weight excluding hydrogens is 356 g/mol. The quantitative estimate of drug-likeness (QED) is 0.596. The molecule has 1 fully saturated rings. The number of halogens is 1. The van der Waals surface area contributed by atoms with E-state index in [2.05, 4.69) is 20.9 Å². The van der Waals surface area contributed by atoms with E-state index in [1.165, 1.54) is 6.20 Å². The van der Waals surface area contributed by atoms with Gasteiger partial charge in [0.05, 0.1) is 6.54 Å². The minimum atomic E-state index is -0.554. The number of para-hydroxylation sites is 1. The number of hydrogen-bond acceptors (Lipinski definition) is 4. The number of H-pyrrole nitrogens is 1. The third-order valence-corrected chi connectivity index (χ3v) is 4.48. The Labute approximate surface area is 157 Å². The molecule has 2 amide bonds. The monoisotopic (exact) mass is 378 g/mol. The van der Waals surface area contributed by atoms with Crippen LogP contribution >= 0.6 is 12.4 Å². The van der Waals surface area contributed by atoms with Gasteiger partial charge in [-0.3, -0.25) is 14.4 Å². The van der Waals surface area contributed by atoms with Crippen molar-refractivity contribution >= 4 is 35.1 Å². The van der Waals surface area contributed by atoms with Gasteiger partial charge < -0.3 is 20.9 Å². The van der Waals surface area contributed by atoms with Crippen LogP contribution in [0, 0.1) is 5.92 Å². The minimum Gasteiger partial charge on any atom is -0.360 e. The molecule has 0 radical (unpaired) electrons. The second-order valence-electron chi connectivity index (χ2n) is 6.26. The van der Waals surface area contributed by atoms with Crippen molar-refractivity contribution in [2.24, 2.45) is 5.92 Å². The van der Waals surface area contributed by atoms with Crippen molar-refractivity contribution in [3.63, 3.8) is 0 Å². The van der Waals surface area contributed by atoms with Crippen LogP contribution < -0.4 is 21.4 Å². The summed E-state index contributed by atoms with van der Waals surface area (Å²) < 4.78 is 0. The van der Waals surface area contributed by atoms with Crippen LogP contribution in [0.1, 0.15) is 23.2 Å². The number of aromatic nitrogens is 1. The molecule has 1 saturated heterocycles. The van der Waals surface area contributed by atoms with Crippen molar-refractivity contribution in [3.8, 4) is 0 Å². The Morgan fingerprint density at radius 3 is 2.77 bits per heavy atom. The average molecular weight is 379 g/mol. The molecule has 0 spiro atoms. The molecule has 1 aliphatic rings. The summed E-state index contributed by atoms with van der Waals surface area (Å²) in [6.45, 7) is 2.48. The van der Waals surface area contributed by atoms with Crippen LogP contribution in [0.15, 0.2) is 35.3 Å². The highest BCUT2D eigenvalue weighted by Gasteiger charge is 2.15. The molecule has 0 bridgehead atoms. The summed E-state index contributed by atoms with van der Waals surface area (Å²) in [4.78, 5) is 39.3. The topological polar surface area (TPSA) is 103 Å². The summed E-state index contributed by atoms with van der Waals surface area (Å²) in [7, 11) is 0. The van der Waals surface area contributed by atoms with E-state index in [4.69, 9.17) is 0 Å². The first kappa shape index (κ1) is 19.9. The van der Waals surface area contributed by atoms with E-state index in [9.17, 15) is 14.4 Å². The van der Waals surface area contributed by atoms with Gasteiger partial charge >= 0.3 is 0 Å². The van der Waals surface area contributed by atoms with E-state index in [-0.39, 0.29) is 35.9 Å². The zero-order valence-corrected chi connectivity index (χ0v) is 15.2. The van der Waals surface area contributed by atoms with E-state index >= 15 is 0 Å². The Morgan fingerprint density at radius 2 is 2.00 bits per heavy atom. The highest BCUT2D eigenvalue weighted by Crippen LogP contribution is 2.10. The van der Waals surface area contributed by atoms with Gasteiger partial charge in [0.15, 0.2) is 0 Å². The molecule has 0 aliphatic carbocycles. The molecule has 4 N–H and O–H groups in total. The van der Waals surface area contributed by atoms with E-state index in [1.54, 1.807) is 18.2 Å². The Bertz CT molecular complexity index is 831. The van der Waals surface area contributed by atoms with Crippen molar-refractivity contribution < 1.29 is 9.59 Å². The Morgan fingerprint density at radius 1 is 1.19 bits per heavy atom. The number of amides is 2. The van der Waals surface area contributed by atoms with Gasteiger partial charge in [-0.05, 0) is 44.0 Å². The summed E-state index contributed by atoms with van der Waals surface area (Å²) in [6, 6.07) is 6.98. The fourth-order valence-corrected chi connectivity index (χ4v) is 3.03. The standard InChI is InChI=1S/C18H22N4O3.ClH/c23-16(20-8-6-12-5-7-19-9-12)11-22-18(25)14-10-21-15-4-2-1-3-13(15)17(14)24;/h1-4,10,12,19H,5-9,11H2,(H,20,23)(H,21,24)(H,22,25);1H. The number of hydrogen-bond donors (Lipinski definition) is 4. The summed E-state index contributed by atoms with van der Waals surface area (Å²) >= 11 is 0. The number of pyridine rings is 1. The molecule has 1 aromatic heterocycles. The molecule has 0 saturated carbocycles. The predicted molar refractivity (Wildman–Crippen MR) is 103 cm³/mol. The first-order valence-electron chi connectivity index (χ1n) is 8.51. The third kappa shape index (κ3) is 4.83. The van der Waals surface area contributed by atoms with Crippen LogP contribution in [0.4, 0.5) is 0 Å². The zero-order chi connectivity index (χ0) is 17.6. The highest BCUT2D eigenvalue weighted by atomic mass is 35.5. The highest BCUT2D eigenvalue weighted by molar-refractivity contribution is 5.98. The molecule has 8 heteroatoms. The van der Waals surface area contributed by atoms with Gasteiger partial charge in [-0.2, -0.15) is 0 Å². The van der Waals surface area contributed by atoms with Crippen LogP contribution in [0.2, 0.25) is 0 Å². The lowest BCUT2D eigenvalue weighted by Crippen LogP contribution is -2.39. The van der Waals surface area contributed by atoms with Gasteiger partial charge in [-0.15, -0.1) is 12.4 Å². The van der Waals surface area contributed by atoms with E-state index in [1.807, 2.05) is 6.07 Å². The van der Waals surface area contributed by atoms with Crippen molar-refractivity contribution in [3.05, 3.63) is 46.2 Å². The summed E-state index contributed by atoms with van der Waals surface area (Å²) in [6.07, 6.45) is 3.44. The Balaban J connectivity index is 0.00000243. The van der Waals surface area contributed by atoms with Gasteiger partial charge in [0, 0.05) is 23.6 Å². The van der Waals surface area contributed by atoms with Crippen LogP contribution in [0.5, 0.6) is 0 Å². The molecule has 7 nitrogen and oxygen atoms in total. The smallest absolute Gasteiger partial charge is 0.257 e. The average Bonchev–Trinajstić information content (AvgIpc) is 3.14. The number of aromatic amines is 1. The molecule has 26 heavy (non-hydrogen) atoms. The maximum Gasteiger partial charge on any atom is 0.257 e. The number of rotatable bonds is 6. The van der Waals surface area contributed by atoms with Gasteiger partial charge in [-0.25, -0.2) is 0 Å². The number of carbonyl (C=O) groups excluding carboxylic acids is 2. The summed E-state index contributed by atoms with van der Waals surface area (Å²) in [5.74, 6) is -0.204. The Hall–Kier alpha value is -2.38. The summed E-state index contributed by atoms with van der Waals surface area (Å²) in [5, 5.41) is 9.03. The third-order valence-electron chi connectivity index (χ3n) is 4.48. The molecule has 2 aromatic rings. The molecule has 1 unspecified atom stereocenters. The normalized spacial score (nSPS) is 16.1. The lowest BCUT2D eigenvalue weighted by Gasteiger charge is -2.10. The van der Waals surface area contributed by atoms with Gasteiger partial charge in [0.25, 0.3) is 5.91 Å². The lowest BCUT2D eigenvalue weighted by molar-refractivity contribution is -0.120. The maximum absolute atomic E-state index is 12.3. The first-order valence-corrected chi connectivity index (χ1v) is 8.51. The second kappa shape index (κ2) is 9.35. The zero-order valence-electron chi connectivity index (χ0n) is 14.3. The number of fused-ring (bicyclic) bond motifs is 1. The van der Waals surface area contributed by atoms with Crippen molar-refractivity contribution in [2.75, 3.05) is 26.2 Å². The van der Waals surface area contributed by atoms with E-state index in [0.717, 1.165) is 25.9 Å². The minimum absolute atomic E-state index is 0. The van der Waals surface area contributed by atoms with E-state index in [0.29, 0.717) is 23.4 Å². The van der Waals surface area contributed by atoms with E-state index < -0.39 is 5.91 Å². The largest absolute Gasteiger partial charge is 0.360 e. The molecule has 1 aromatic carbocycles. The molecule has 140 valence electrons. The first-order chi connectivity index (χ1) is 12.1. The van der Waals surface area contributed by atoms with Gasteiger partial charge in [0.1, 0.15) is 5.56 Å². The van der Waals surface area contributed by atoms with Crippen LogP contribution in [-0.2, 0) is 4.79 Å². The summed E-state index contributed by atoms with van der Waals surface area (Å²) in [5.41, 5.74) is 0.327. The van der Waals surface area contributed by atoms with Crippen molar-refractivity contribution in [2.45, 2.75) is 12.8 Å². The molecule has 1 atom stereocenters. The molecule has 3 rings (SSSR count). The van der Waals surface area contributed by atoms with Crippen molar-refractivity contribution in [1.29, 1.82) is 0 Å². The predicted octanol–water partition coefficient (Wildman–Crippen LogP) is 0.795. The number of benzene rings is 1. The second-order valence-corrected chi connectivity index (χ2v) is 6.26. The fraction of sp³-hybridized carbons (Fsp3) is 0.389. The van der Waals surface area contributed by atoms with Gasteiger partial charge in [0.2, 0.25) is 11.3 Å². The van der Waals surface area contributed by atoms with Crippen LogP contribution in [0.3, 0.4) is 0 Å². The Kier molecular flexibility index (Phi) is 7.17. The lowest BCUT2D eigenvalue weighted by atomic mass is 10.1. The number of carbonyl (C=O) groups is 2. The molecule has 2 heterocycles. The molecular formula is C18H23ClN4O3. The molecule has 1 aliphatic heterocycles. The van der Waals surface area contributed by atoms with Crippen molar-refractivity contribution in [1.82, 2.24) is 20.9 Å². The SMILES string of the molecule is Cl.O=C(CNC(=O)c1c[nH]c2ccccc2c1=O)NCCC1CCNC1. The van der Waals surface area contributed by atoms with Gasteiger partial charge in [-0.1, -0.05) is 12.1 Å².